The lowest BCUT2D eigenvalue weighted by atomic mass is 10.1. The van der Waals surface area contributed by atoms with Gasteiger partial charge in [-0.05, 0) is 38.4 Å². The molecule has 4 aromatic rings. The number of aryl methyl sites for hydroxylation is 1. The predicted molar refractivity (Wildman–Crippen MR) is 115 cm³/mol. The first-order valence-corrected chi connectivity index (χ1v) is 10.7. The third kappa shape index (κ3) is 3.05. The van der Waals surface area contributed by atoms with Gasteiger partial charge in [-0.3, -0.25) is 9.58 Å². The van der Waals surface area contributed by atoms with Crippen LogP contribution in [0.1, 0.15) is 35.1 Å². The highest BCUT2D eigenvalue weighted by Crippen LogP contribution is 2.38. The summed E-state index contributed by atoms with van der Waals surface area (Å²) >= 11 is 1.85. The highest BCUT2D eigenvalue weighted by atomic mass is 32.1. The van der Waals surface area contributed by atoms with Crippen LogP contribution >= 0.6 is 11.3 Å². The van der Waals surface area contributed by atoms with E-state index in [4.69, 9.17) is 10.1 Å². The molecule has 0 N–H and O–H groups in total. The molecule has 0 bridgehead atoms. The van der Waals surface area contributed by atoms with Crippen LogP contribution in [0.3, 0.4) is 0 Å². The van der Waals surface area contributed by atoms with Crippen LogP contribution in [-0.2, 0) is 13.6 Å². The van der Waals surface area contributed by atoms with Gasteiger partial charge in [0, 0.05) is 30.4 Å². The molecular formula is C23H24N4S. The first-order valence-electron chi connectivity index (χ1n) is 9.88. The molecule has 2 aromatic heterocycles. The second kappa shape index (κ2) is 7.15. The Labute approximate surface area is 169 Å². The first-order chi connectivity index (χ1) is 13.7. The van der Waals surface area contributed by atoms with Gasteiger partial charge >= 0.3 is 0 Å². The maximum Gasteiger partial charge on any atom is 0.111 e. The molecule has 142 valence electrons. The van der Waals surface area contributed by atoms with Gasteiger partial charge in [-0.25, -0.2) is 4.98 Å². The van der Waals surface area contributed by atoms with Gasteiger partial charge < -0.3 is 0 Å². The minimum atomic E-state index is 0.403. The van der Waals surface area contributed by atoms with Gasteiger partial charge in [0.15, 0.2) is 0 Å². The summed E-state index contributed by atoms with van der Waals surface area (Å²) in [7, 11) is 2.04. The summed E-state index contributed by atoms with van der Waals surface area (Å²) in [5.74, 6) is 0. The summed E-state index contributed by atoms with van der Waals surface area (Å²) in [6.45, 7) is 4.21. The molecule has 0 aliphatic carbocycles. The van der Waals surface area contributed by atoms with Crippen LogP contribution in [-0.4, -0.2) is 26.2 Å². The Morgan fingerprint density at radius 3 is 2.68 bits per heavy atom. The van der Waals surface area contributed by atoms with Crippen LogP contribution in [0.4, 0.5) is 0 Å². The third-order valence-electron chi connectivity index (χ3n) is 5.83. The molecule has 2 aromatic carbocycles. The Balaban J connectivity index is 1.49. The van der Waals surface area contributed by atoms with E-state index >= 15 is 0 Å². The van der Waals surface area contributed by atoms with Crippen molar-refractivity contribution in [3.8, 4) is 11.3 Å². The number of benzene rings is 2. The third-order valence-corrected chi connectivity index (χ3v) is 6.96. The van der Waals surface area contributed by atoms with Crippen molar-refractivity contribution in [1.82, 2.24) is 19.7 Å². The molecule has 1 aliphatic heterocycles. The van der Waals surface area contributed by atoms with Crippen molar-refractivity contribution in [2.24, 2.45) is 7.05 Å². The van der Waals surface area contributed by atoms with E-state index in [0.29, 0.717) is 6.04 Å². The number of hydrogen-bond donors (Lipinski definition) is 0. The van der Waals surface area contributed by atoms with Crippen molar-refractivity contribution in [3.63, 3.8) is 0 Å². The largest absolute Gasteiger partial charge is 0.290 e. The van der Waals surface area contributed by atoms with Crippen LogP contribution < -0.4 is 0 Å². The van der Waals surface area contributed by atoms with E-state index in [1.54, 1.807) is 0 Å². The summed E-state index contributed by atoms with van der Waals surface area (Å²) in [5.41, 5.74) is 6.00. The maximum atomic E-state index is 4.95. The van der Waals surface area contributed by atoms with Gasteiger partial charge in [0.2, 0.25) is 0 Å². The Kier molecular flexibility index (Phi) is 4.49. The summed E-state index contributed by atoms with van der Waals surface area (Å²) in [6.07, 6.45) is 2.40. The molecule has 1 atom stereocenters. The number of para-hydroxylation sites is 1. The average Bonchev–Trinajstić information content (AvgIpc) is 3.42. The van der Waals surface area contributed by atoms with Crippen molar-refractivity contribution in [3.05, 3.63) is 70.9 Å². The second-order valence-corrected chi connectivity index (χ2v) is 8.61. The fourth-order valence-corrected chi connectivity index (χ4v) is 5.34. The smallest absolute Gasteiger partial charge is 0.111 e. The fourth-order valence-electron chi connectivity index (χ4n) is 4.20. The van der Waals surface area contributed by atoms with E-state index in [0.717, 1.165) is 24.3 Å². The Morgan fingerprint density at radius 2 is 1.86 bits per heavy atom. The van der Waals surface area contributed by atoms with E-state index in [2.05, 4.69) is 66.4 Å². The van der Waals surface area contributed by atoms with Crippen LogP contribution in [0, 0.1) is 6.92 Å². The zero-order valence-corrected chi connectivity index (χ0v) is 17.1. The minimum Gasteiger partial charge on any atom is -0.290 e. The van der Waals surface area contributed by atoms with Gasteiger partial charge in [-0.2, -0.15) is 5.10 Å². The van der Waals surface area contributed by atoms with E-state index in [9.17, 15) is 0 Å². The van der Waals surface area contributed by atoms with Gasteiger partial charge in [0.25, 0.3) is 0 Å². The highest BCUT2D eigenvalue weighted by Gasteiger charge is 2.30. The van der Waals surface area contributed by atoms with E-state index in [1.807, 2.05) is 23.1 Å². The molecular weight excluding hydrogens is 364 g/mol. The second-order valence-electron chi connectivity index (χ2n) is 7.55. The lowest BCUT2D eigenvalue weighted by Crippen LogP contribution is -2.23. The minimum absolute atomic E-state index is 0.403. The summed E-state index contributed by atoms with van der Waals surface area (Å²) in [6, 6.07) is 19.4. The van der Waals surface area contributed by atoms with Crippen LogP contribution in [0.15, 0.2) is 54.6 Å². The van der Waals surface area contributed by atoms with Crippen LogP contribution in [0.25, 0.3) is 21.5 Å². The van der Waals surface area contributed by atoms with Gasteiger partial charge in [-0.1, -0.05) is 42.5 Å². The van der Waals surface area contributed by atoms with Gasteiger partial charge in [-0.15, -0.1) is 11.3 Å². The molecule has 1 saturated heterocycles. The SMILES string of the molecule is Cc1c(CN2CCC[C@H]2c2nc3ccccc3s2)c(-c2ccccc2)nn1C. The summed E-state index contributed by atoms with van der Waals surface area (Å²) in [5, 5.41) is 6.08. The Hall–Kier alpha value is -2.50. The van der Waals surface area contributed by atoms with Gasteiger partial charge in [0.1, 0.15) is 5.01 Å². The van der Waals surface area contributed by atoms with Gasteiger partial charge in [0.05, 0.1) is 22.0 Å². The number of nitrogens with zero attached hydrogens (tertiary/aromatic N) is 4. The number of hydrogen-bond acceptors (Lipinski definition) is 4. The van der Waals surface area contributed by atoms with E-state index in [-0.39, 0.29) is 0 Å². The number of likely N-dealkylation sites (tertiary alicyclic amines) is 1. The predicted octanol–water partition coefficient (Wildman–Crippen LogP) is 5.34. The standard InChI is InChI=1S/C23H24N4S/c1-16-18(22(25-26(16)2)17-9-4-3-5-10-17)15-27-14-8-12-20(27)23-24-19-11-6-7-13-21(19)28-23/h3-7,9-11,13,20H,8,12,14-15H2,1-2H3/t20-/m0/s1. The molecule has 1 aliphatic rings. The topological polar surface area (TPSA) is 34.0 Å². The summed E-state index contributed by atoms with van der Waals surface area (Å²) in [4.78, 5) is 7.54. The first kappa shape index (κ1) is 17.6. The molecule has 1 fully saturated rings. The Morgan fingerprint density at radius 1 is 1.07 bits per heavy atom. The zero-order chi connectivity index (χ0) is 19.1. The van der Waals surface area contributed by atoms with Crippen molar-refractivity contribution in [2.45, 2.75) is 32.4 Å². The fraction of sp³-hybridized carbons (Fsp3) is 0.304. The zero-order valence-electron chi connectivity index (χ0n) is 16.3. The molecule has 5 heteroatoms. The maximum absolute atomic E-state index is 4.95. The molecule has 0 amide bonds. The summed E-state index contributed by atoms with van der Waals surface area (Å²) < 4.78 is 3.30. The van der Waals surface area contributed by atoms with Crippen molar-refractivity contribution in [2.75, 3.05) is 6.54 Å². The molecule has 3 heterocycles. The lowest BCUT2D eigenvalue weighted by Gasteiger charge is -2.23. The van der Waals surface area contributed by atoms with Crippen LogP contribution in [0.5, 0.6) is 0 Å². The number of aromatic nitrogens is 3. The van der Waals surface area contributed by atoms with E-state index < -0.39 is 0 Å². The number of thiazole rings is 1. The van der Waals surface area contributed by atoms with Crippen molar-refractivity contribution >= 4 is 21.6 Å². The molecule has 4 nitrogen and oxygen atoms in total. The molecule has 0 saturated carbocycles. The highest BCUT2D eigenvalue weighted by molar-refractivity contribution is 7.18. The molecule has 0 radical (unpaired) electrons. The van der Waals surface area contributed by atoms with Crippen LogP contribution in [0.2, 0.25) is 0 Å². The normalized spacial score (nSPS) is 17.6. The molecule has 28 heavy (non-hydrogen) atoms. The lowest BCUT2D eigenvalue weighted by molar-refractivity contribution is 0.248. The molecule has 0 unspecified atom stereocenters. The van der Waals surface area contributed by atoms with Crippen molar-refractivity contribution < 1.29 is 0 Å². The number of fused-ring (bicyclic) bond motifs is 1. The molecule has 5 rings (SSSR count). The number of rotatable bonds is 4. The van der Waals surface area contributed by atoms with E-state index in [1.165, 1.54) is 39.4 Å². The quantitative estimate of drug-likeness (QED) is 0.473. The Bertz CT molecular complexity index is 1080. The molecule has 0 spiro atoms. The van der Waals surface area contributed by atoms with Crippen molar-refractivity contribution in [1.29, 1.82) is 0 Å². The average molecular weight is 389 g/mol. The monoisotopic (exact) mass is 388 g/mol.